The van der Waals surface area contributed by atoms with E-state index in [9.17, 15) is 4.79 Å². The lowest BCUT2D eigenvalue weighted by Crippen LogP contribution is -2.45. The highest BCUT2D eigenvalue weighted by molar-refractivity contribution is 6.74. The largest absolute Gasteiger partial charge is 0.497 e. The molecule has 1 saturated carbocycles. The molecule has 2 rings (SSSR count). The fourth-order valence-corrected chi connectivity index (χ4v) is 4.28. The molecule has 0 aromatic heterocycles. The summed E-state index contributed by atoms with van der Waals surface area (Å²) in [6.07, 6.45) is 3.08. The molecule has 1 aromatic carbocycles. The van der Waals surface area contributed by atoms with Crippen LogP contribution >= 0.6 is 0 Å². The number of hydrogen-bond acceptors (Lipinski definition) is 3. The van der Waals surface area contributed by atoms with E-state index >= 15 is 0 Å². The molecule has 0 N–H and O–H groups in total. The van der Waals surface area contributed by atoms with Crippen LogP contribution in [0.5, 0.6) is 5.75 Å². The van der Waals surface area contributed by atoms with Crippen LogP contribution in [0.25, 0.3) is 0 Å². The molecular weight excluding hydrogens is 304 g/mol. The van der Waals surface area contributed by atoms with E-state index in [1.807, 2.05) is 24.3 Å². The van der Waals surface area contributed by atoms with Crippen LogP contribution in [0.1, 0.15) is 50.4 Å². The minimum Gasteiger partial charge on any atom is -0.497 e. The molecule has 1 aliphatic carbocycles. The summed E-state index contributed by atoms with van der Waals surface area (Å²) in [6.45, 7) is 11.3. The van der Waals surface area contributed by atoms with Gasteiger partial charge in [-0.05, 0) is 55.2 Å². The summed E-state index contributed by atoms with van der Waals surface area (Å²) in [7, 11) is -0.210. The third-order valence-corrected chi connectivity index (χ3v) is 9.92. The Hall–Kier alpha value is -1.13. The van der Waals surface area contributed by atoms with Crippen molar-refractivity contribution in [2.45, 2.75) is 64.3 Å². The average molecular weight is 335 g/mol. The van der Waals surface area contributed by atoms with E-state index in [0.717, 1.165) is 30.6 Å². The molecule has 0 aliphatic heterocycles. The second-order valence-corrected chi connectivity index (χ2v) is 12.8. The Morgan fingerprint density at radius 1 is 1.13 bits per heavy atom. The fourth-order valence-electron chi connectivity index (χ4n) is 2.89. The first-order valence-electron chi connectivity index (χ1n) is 8.52. The molecule has 0 saturated heterocycles. The molecule has 0 radical (unpaired) electrons. The van der Waals surface area contributed by atoms with E-state index < -0.39 is 8.32 Å². The van der Waals surface area contributed by atoms with Crippen LogP contribution < -0.4 is 4.74 Å². The SMILES string of the molecule is COc1ccc(C(=O)C2CCC[C@H]2O[Si](C)(C)C(C)(C)C)cc1. The second kappa shape index (κ2) is 6.77. The summed E-state index contributed by atoms with van der Waals surface area (Å²) < 4.78 is 11.7. The third-order valence-electron chi connectivity index (χ3n) is 5.42. The Bertz CT molecular complexity index is 543. The zero-order valence-corrected chi connectivity index (χ0v) is 16.3. The number of Topliss-reactive ketones (excluding diaryl/α,β-unsaturated/α-hetero) is 1. The van der Waals surface area contributed by atoms with Gasteiger partial charge in [0.15, 0.2) is 14.1 Å². The minimum absolute atomic E-state index is 0.00230. The summed E-state index contributed by atoms with van der Waals surface area (Å²) in [5.74, 6) is 0.994. The number of carbonyl (C=O) groups excluding carboxylic acids is 1. The van der Waals surface area contributed by atoms with Crippen LogP contribution in [0.3, 0.4) is 0 Å². The second-order valence-electron chi connectivity index (χ2n) is 8.05. The van der Waals surface area contributed by atoms with Gasteiger partial charge in [-0.2, -0.15) is 0 Å². The van der Waals surface area contributed by atoms with Crippen molar-refractivity contribution >= 4 is 14.1 Å². The molecule has 0 spiro atoms. The van der Waals surface area contributed by atoms with Gasteiger partial charge in [0.1, 0.15) is 5.75 Å². The number of hydrogen-bond donors (Lipinski definition) is 0. The third kappa shape index (κ3) is 4.04. The van der Waals surface area contributed by atoms with Gasteiger partial charge in [-0.3, -0.25) is 4.79 Å². The van der Waals surface area contributed by atoms with Gasteiger partial charge in [-0.1, -0.05) is 27.2 Å². The molecular formula is C19H30O3Si. The highest BCUT2D eigenvalue weighted by Crippen LogP contribution is 2.41. The molecule has 128 valence electrons. The maximum Gasteiger partial charge on any atom is 0.192 e. The molecule has 3 nitrogen and oxygen atoms in total. The summed E-state index contributed by atoms with van der Waals surface area (Å²) in [4.78, 5) is 12.9. The van der Waals surface area contributed by atoms with Crippen molar-refractivity contribution < 1.29 is 14.0 Å². The van der Waals surface area contributed by atoms with Crippen molar-refractivity contribution in [3.05, 3.63) is 29.8 Å². The molecule has 23 heavy (non-hydrogen) atoms. The summed E-state index contributed by atoms with van der Waals surface area (Å²) >= 11 is 0. The molecule has 1 aromatic rings. The van der Waals surface area contributed by atoms with E-state index in [0.29, 0.717) is 0 Å². The molecule has 1 fully saturated rings. The monoisotopic (exact) mass is 334 g/mol. The quantitative estimate of drug-likeness (QED) is 0.557. The van der Waals surface area contributed by atoms with Crippen LogP contribution in [-0.4, -0.2) is 27.3 Å². The molecule has 4 heteroatoms. The number of ether oxygens (including phenoxy) is 1. The Morgan fingerprint density at radius 2 is 1.74 bits per heavy atom. The molecule has 1 aliphatic rings. The van der Waals surface area contributed by atoms with Gasteiger partial charge in [0, 0.05) is 11.5 Å². The van der Waals surface area contributed by atoms with Gasteiger partial charge in [0.05, 0.1) is 13.2 Å². The number of rotatable bonds is 5. The first kappa shape index (κ1) is 18.2. The molecule has 0 bridgehead atoms. The van der Waals surface area contributed by atoms with Crippen molar-refractivity contribution in [1.29, 1.82) is 0 Å². The molecule has 0 heterocycles. The summed E-state index contributed by atoms with van der Waals surface area (Å²) in [5.41, 5.74) is 0.765. The Labute approximate surface area is 141 Å². The van der Waals surface area contributed by atoms with Crippen molar-refractivity contribution in [3.8, 4) is 5.75 Å². The van der Waals surface area contributed by atoms with E-state index in [1.165, 1.54) is 0 Å². The smallest absolute Gasteiger partial charge is 0.192 e. The standard InChI is InChI=1S/C19H30O3Si/c1-19(2,3)23(5,6)22-17-9-7-8-16(17)18(20)14-10-12-15(21-4)13-11-14/h10-13,16-17H,7-9H2,1-6H3/t16?,17-/m1/s1. The highest BCUT2D eigenvalue weighted by atomic mass is 28.4. The van der Waals surface area contributed by atoms with Crippen LogP contribution in [0.4, 0.5) is 0 Å². The van der Waals surface area contributed by atoms with Gasteiger partial charge in [0.25, 0.3) is 0 Å². The Balaban J connectivity index is 2.13. The van der Waals surface area contributed by atoms with Crippen molar-refractivity contribution in [2.24, 2.45) is 5.92 Å². The maximum absolute atomic E-state index is 12.9. The predicted octanol–water partition coefficient (Wildman–Crippen LogP) is 5.07. The van der Waals surface area contributed by atoms with E-state index in [1.54, 1.807) is 7.11 Å². The first-order chi connectivity index (χ1) is 10.7. The van der Waals surface area contributed by atoms with Crippen molar-refractivity contribution in [3.63, 3.8) is 0 Å². The predicted molar refractivity (Wildman–Crippen MR) is 96.7 cm³/mol. The van der Waals surface area contributed by atoms with E-state index in [4.69, 9.17) is 9.16 Å². The number of carbonyl (C=O) groups is 1. The Kier molecular flexibility index (Phi) is 5.36. The van der Waals surface area contributed by atoms with Crippen LogP contribution in [0, 0.1) is 5.92 Å². The lowest BCUT2D eigenvalue weighted by Gasteiger charge is -2.39. The summed E-state index contributed by atoms with van der Waals surface area (Å²) in [5, 5.41) is 0.170. The van der Waals surface area contributed by atoms with Crippen LogP contribution in [-0.2, 0) is 4.43 Å². The number of ketones is 1. The van der Waals surface area contributed by atoms with Crippen molar-refractivity contribution in [2.75, 3.05) is 7.11 Å². The maximum atomic E-state index is 12.9. The Morgan fingerprint density at radius 3 is 2.26 bits per heavy atom. The first-order valence-corrected chi connectivity index (χ1v) is 11.4. The zero-order valence-electron chi connectivity index (χ0n) is 15.3. The van der Waals surface area contributed by atoms with Gasteiger partial charge >= 0.3 is 0 Å². The highest BCUT2D eigenvalue weighted by Gasteiger charge is 2.43. The number of methoxy groups -OCH3 is 1. The lowest BCUT2D eigenvalue weighted by atomic mass is 9.94. The fraction of sp³-hybridized carbons (Fsp3) is 0.632. The normalized spacial score (nSPS) is 22.2. The van der Waals surface area contributed by atoms with Crippen molar-refractivity contribution in [1.82, 2.24) is 0 Å². The van der Waals surface area contributed by atoms with Gasteiger partial charge < -0.3 is 9.16 Å². The van der Waals surface area contributed by atoms with E-state index in [-0.39, 0.29) is 22.8 Å². The topological polar surface area (TPSA) is 35.5 Å². The number of benzene rings is 1. The van der Waals surface area contributed by atoms with Gasteiger partial charge in [0.2, 0.25) is 0 Å². The van der Waals surface area contributed by atoms with Crippen LogP contribution in [0.15, 0.2) is 24.3 Å². The minimum atomic E-state index is -1.85. The molecule has 2 atom stereocenters. The summed E-state index contributed by atoms with van der Waals surface area (Å²) in [6, 6.07) is 7.43. The van der Waals surface area contributed by atoms with E-state index in [2.05, 4.69) is 33.9 Å². The zero-order chi connectivity index (χ0) is 17.3. The molecule has 1 unspecified atom stereocenters. The van der Waals surface area contributed by atoms with Gasteiger partial charge in [-0.25, -0.2) is 0 Å². The lowest BCUT2D eigenvalue weighted by molar-refractivity contribution is 0.0777. The van der Waals surface area contributed by atoms with Crippen LogP contribution in [0.2, 0.25) is 18.1 Å². The molecule has 0 amide bonds. The average Bonchev–Trinajstić information content (AvgIpc) is 2.93. The van der Waals surface area contributed by atoms with Gasteiger partial charge in [-0.15, -0.1) is 0 Å².